The Morgan fingerprint density at radius 3 is 2.88 bits per heavy atom. The molecule has 0 aliphatic heterocycles. The molecule has 1 aliphatic rings. The number of hydrogen-bond acceptors (Lipinski definition) is 4. The molecule has 0 bridgehead atoms. The lowest BCUT2D eigenvalue weighted by Crippen LogP contribution is -2.33. The average molecular weight is 369 g/mol. The topological polar surface area (TPSA) is 36.4 Å². The molecule has 6 heteroatoms. The predicted octanol–water partition coefficient (Wildman–Crippen LogP) is 4.41. The lowest BCUT2D eigenvalue weighted by atomic mass is 10.1. The Labute approximate surface area is 155 Å². The Balaban J connectivity index is 1.51. The van der Waals surface area contributed by atoms with Crippen molar-refractivity contribution in [2.24, 2.45) is 0 Å². The van der Waals surface area contributed by atoms with Crippen LogP contribution in [0.5, 0.6) is 0 Å². The third-order valence-corrected chi connectivity index (χ3v) is 5.78. The third kappa shape index (κ3) is 3.29. The molecule has 2 heterocycles. The Hall–Kier alpha value is -2.47. The molecular weight excluding hydrogens is 349 g/mol. The van der Waals surface area contributed by atoms with Gasteiger partial charge in [0.25, 0.3) is 0 Å². The van der Waals surface area contributed by atoms with E-state index in [9.17, 15) is 9.18 Å². The number of anilines is 2. The van der Waals surface area contributed by atoms with Crippen LogP contribution in [0.2, 0.25) is 0 Å². The minimum atomic E-state index is -0.236. The first-order chi connectivity index (χ1) is 12.7. The van der Waals surface area contributed by atoms with Crippen molar-refractivity contribution >= 4 is 39.2 Å². The predicted molar refractivity (Wildman–Crippen MR) is 105 cm³/mol. The van der Waals surface area contributed by atoms with Gasteiger partial charge in [-0.1, -0.05) is 0 Å². The SMILES string of the molecule is CN(CCN(C=O)c1cnccc1C1CC1)c1cc2ccsc2cc1F. The van der Waals surface area contributed by atoms with Crippen molar-refractivity contribution in [1.29, 1.82) is 0 Å². The van der Waals surface area contributed by atoms with Gasteiger partial charge in [-0.25, -0.2) is 4.39 Å². The second-order valence-corrected chi connectivity index (χ2v) is 7.64. The molecule has 4 rings (SSSR count). The van der Waals surface area contributed by atoms with Crippen LogP contribution < -0.4 is 9.80 Å². The standard InChI is InChI=1S/C20H20FN3OS/c1-23(18-10-15-5-9-26-20(15)11-17(18)21)7-8-24(13-25)19-12-22-6-4-16(19)14-2-3-14/h4-6,9-14H,2-3,7-8H2,1H3. The van der Waals surface area contributed by atoms with E-state index in [1.807, 2.05) is 35.5 Å². The van der Waals surface area contributed by atoms with Gasteiger partial charge in [0.05, 0.1) is 17.6 Å². The van der Waals surface area contributed by atoms with Crippen molar-refractivity contribution in [1.82, 2.24) is 4.98 Å². The maximum absolute atomic E-state index is 14.4. The van der Waals surface area contributed by atoms with E-state index in [1.165, 1.54) is 16.9 Å². The van der Waals surface area contributed by atoms with E-state index in [0.29, 0.717) is 24.7 Å². The number of likely N-dealkylation sites (N-methyl/N-ethyl adjacent to an activating group) is 1. The first-order valence-corrected chi connectivity index (χ1v) is 9.59. The molecule has 1 aromatic carbocycles. The molecule has 1 amide bonds. The molecule has 0 unspecified atom stereocenters. The third-order valence-electron chi connectivity index (χ3n) is 4.90. The highest BCUT2D eigenvalue weighted by molar-refractivity contribution is 7.17. The van der Waals surface area contributed by atoms with Crippen LogP contribution in [0.3, 0.4) is 0 Å². The van der Waals surface area contributed by atoms with Crippen molar-refractivity contribution in [3.8, 4) is 0 Å². The van der Waals surface area contributed by atoms with E-state index in [-0.39, 0.29) is 5.82 Å². The van der Waals surface area contributed by atoms with Gasteiger partial charge in [0, 0.05) is 31.0 Å². The summed E-state index contributed by atoms with van der Waals surface area (Å²) in [7, 11) is 1.85. The van der Waals surface area contributed by atoms with Gasteiger partial charge in [-0.3, -0.25) is 9.78 Å². The van der Waals surface area contributed by atoms with E-state index in [0.717, 1.165) is 35.0 Å². The molecular formula is C20H20FN3OS. The lowest BCUT2D eigenvalue weighted by Gasteiger charge is -2.25. The fourth-order valence-electron chi connectivity index (χ4n) is 3.25. The summed E-state index contributed by atoms with van der Waals surface area (Å²) in [5, 5.41) is 3.00. The van der Waals surface area contributed by atoms with Crippen LogP contribution in [0.1, 0.15) is 24.3 Å². The molecule has 0 saturated heterocycles. The highest BCUT2D eigenvalue weighted by Crippen LogP contribution is 2.43. The maximum Gasteiger partial charge on any atom is 0.214 e. The van der Waals surface area contributed by atoms with E-state index in [1.54, 1.807) is 23.4 Å². The van der Waals surface area contributed by atoms with Crippen LogP contribution in [0.4, 0.5) is 15.8 Å². The summed E-state index contributed by atoms with van der Waals surface area (Å²) in [5.74, 6) is 0.298. The number of halogens is 1. The van der Waals surface area contributed by atoms with Crippen molar-refractivity contribution in [3.63, 3.8) is 0 Å². The zero-order valence-electron chi connectivity index (χ0n) is 14.6. The number of hydrogen-bond donors (Lipinski definition) is 0. The minimum absolute atomic E-state index is 0.236. The molecule has 4 nitrogen and oxygen atoms in total. The Morgan fingerprint density at radius 1 is 1.27 bits per heavy atom. The summed E-state index contributed by atoms with van der Waals surface area (Å²) in [6.07, 6.45) is 6.69. The average Bonchev–Trinajstić information content (AvgIpc) is 3.40. The van der Waals surface area contributed by atoms with Crippen molar-refractivity contribution < 1.29 is 9.18 Å². The Morgan fingerprint density at radius 2 is 2.12 bits per heavy atom. The highest BCUT2D eigenvalue weighted by atomic mass is 32.1. The number of pyridine rings is 1. The van der Waals surface area contributed by atoms with Crippen LogP contribution in [-0.2, 0) is 4.79 Å². The largest absolute Gasteiger partial charge is 0.370 e. The van der Waals surface area contributed by atoms with E-state index >= 15 is 0 Å². The van der Waals surface area contributed by atoms with Crippen LogP contribution in [-0.4, -0.2) is 31.5 Å². The second-order valence-electron chi connectivity index (χ2n) is 6.69. The van der Waals surface area contributed by atoms with E-state index in [4.69, 9.17) is 0 Å². The molecule has 134 valence electrons. The fourth-order valence-corrected chi connectivity index (χ4v) is 4.05. The molecule has 26 heavy (non-hydrogen) atoms. The first-order valence-electron chi connectivity index (χ1n) is 8.71. The monoisotopic (exact) mass is 369 g/mol. The Kier molecular flexibility index (Phi) is 4.59. The molecule has 2 aromatic heterocycles. The van der Waals surface area contributed by atoms with Gasteiger partial charge in [0.15, 0.2) is 0 Å². The number of rotatable bonds is 7. The van der Waals surface area contributed by atoms with Crippen LogP contribution in [0.15, 0.2) is 42.0 Å². The zero-order valence-corrected chi connectivity index (χ0v) is 15.4. The zero-order chi connectivity index (χ0) is 18.1. The van der Waals surface area contributed by atoms with E-state index < -0.39 is 0 Å². The Bertz CT molecular complexity index is 938. The van der Waals surface area contributed by atoms with Crippen molar-refractivity contribution in [2.75, 3.05) is 29.9 Å². The molecule has 3 aromatic rings. The highest BCUT2D eigenvalue weighted by Gasteiger charge is 2.27. The summed E-state index contributed by atoms with van der Waals surface area (Å²) >= 11 is 1.53. The van der Waals surface area contributed by atoms with Gasteiger partial charge >= 0.3 is 0 Å². The van der Waals surface area contributed by atoms with Gasteiger partial charge in [-0.05, 0) is 59.4 Å². The number of benzene rings is 1. The summed E-state index contributed by atoms with van der Waals surface area (Å²) in [5.41, 5.74) is 2.60. The minimum Gasteiger partial charge on any atom is -0.370 e. The van der Waals surface area contributed by atoms with Gasteiger partial charge in [-0.15, -0.1) is 11.3 Å². The number of aromatic nitrogens is 1. The fraction of sp³-hybridized carbons (Fsp3) is 0.300. The maximum atomic E-state index is 14.4. The number of carbonyl (C=O) groups is 1. The van der Waals surface area contributed by atoms with Crippen molar-refractivity contribution in [3.05, 3.63) is 53.4 Å². The number of fused-ring (bicyclic) bond motifs is 1. The quantitative estimate of drug-likeness (QED) is 0.579. The van der Waals surface area contributed by atoms with Crippen LogP contribution in [0, 0.1) is 5.82 Å². The lowest BCUT2D eigenvalue weighted by molar-refractivity contribution is -0.107. The summed E-state index contributed by atoms with van der Waals surface area (Å²) in [6, 6.07) is 7.44. The summed E-state index contributed by atoms with van der Waals surface area (Å²) in [6.45, 7) is 1.01. The molecule has 0 radical (unpaired) electrons. The van der Waals surface area contributed by atoms with Crippen LogP contribution >= 0.6 is 11.3 Å². The normalized spacial score (nSPS) is 13.8. The number of thiophene rings is 1. The molecule has 0 atom stereocenters. The number of carbonyl (C=O) groups excluding carboxylic acids is 1. The van der Waals surface area contributed by atoms with Gasteiger partial charge in [0.2, 0.25) is 6.41 Å². The molecule has 1 saturated carbocycles. The smallest absolute Gasteiger partial charge is 0.214 e. The summed E-state index contributed by atoms with van der Waals surface area (Å²) in [4.78, 5) is 19.4. The molecule has 0 N–H and O–H groups in total. The summed E-state index contributed by atoms with van der Waals surface area (Å²) < 4.78 is 15.4. The molecule has 0 spiro atoms. The van der Waals surface area contributed by atoms with Crippen molar-refractivity contribution in [2.45, 2.75) is 18.8 Å². The number of nitrogens with zero attached hydrogens (tertiary/aromatic N) is 3. The van der Waals surface area contributed by atoms with Gasteiger partial charge in [0.1, 0.15) is 5.82 Å². The molecule has 1 aliphatic carbocycles. The second kappa shape index (κ2) is 7.03. The van der Waals surface area contributed by atoms with Gasteiger partial charge < -0.3 is 9.80 Å². The first kappa shape index (κ1) is 17.0. The van der Waals surface area contributed by atoms with E-state index in [2.05, 4.69) is 4.98 Å². The van der Waals surface area contributed by atoms with Gasteiger partial charge in [-0.2, -0.15) is 0 Å². The number of amides is 1. The van der Waals surface area contributed by atoms with Crippen LogP contribution in [0.25, 0.3) is 10.1 Å². The molecule has 1 fully saturated rings.